The third kappa shape index (κ3) is 6.23. The van der Waals surface area contributed by atoms with Crippen molar-refractivity contribution in [3.8, 4) is 5.75 Å². The standard InChI is InChI=1S/C26H31Cl2N3O3/c1-29-13-15-30(16-14-29)24(32)17-26(19-34-23-9-7-22(28)8-10-23)11-2-12-31(18-26)25(33)20-3-5-21(27)6-4-20/h3-10H,2,11-19H2,1H3/t26-/m0/s1. The number of nitrogens with zero attached hydrogens (tertiary/aromatic N) is 3. The Morgan fingerprint density at radius 1 is 0.882 bits per heavy atom. The number of piperidine rings is 1. The molecule has 182 valence electrons. The third-order valence-corrected chi connectivity index (χ3v) is 7.28. The van der Waals surface area contributed by atoms with Crippen LogP contribution < -0.4 is 4.74 Å². The summed E-state index contributed by atoms with van der Waals surface area (Å²) < 4.78 is 6.17. The van der Waals surface area contributed by atoms with Gasteiger partial charge in [-0.05, 0) is 68.4 Å². The van der Waals surface area contributed by atoms with Gasteiger partial charge in [0.2, 0.25) is 5.91 Å². The molecule has 0 aliphatic carbocycles. The molecule has 0 bridgehead atoms. The van der Waals surface area contributed by atoms with Gasteiger partial charge < -0.3 is 19.4 Å². The Labute approximate surface area is 211 Å². The molecule has 2 aliphatic heterocycles. The Morgan fingerprint density at radius 3 is 2.15 bits per heavy atom. The van der Waals surface area contributed by atoms with Gasteiger partial charge >= 0.3 is 0 Å². The van der Waals surface area contributed by atoms with E-state index < -0.39 is 5.41 Å². The first kappa shape index (κ1) is 24.8. The summed E-state index contributed by atoms with van der Waals surface area (Å²) in [4.78, 5) is 32.6. The Balaban J connectivity index is 1.51. The Kier molecular flexibility index (Phi) is 8.02. The van der Waals surface area contributed by atoms with Crippen molar-refractivity contribution in [2.24, 2.45) is 5.41 Å². The van der Waals surface area contributed by atoms with E-state index in [4.69, 9.17) is 27.9 Å². The highest BCUT2D eigenvalue weighted by Gasteiger charge is 2.41. The molecule has 0 spiro atoms. The number of amides is 2. The van der Waals surface area contributed by atoms with Crippen LogP contribution in [0.25, 0.3) is 0 Å². The molecular formula is C26H31Cl2N3O3. The van der Waals surface area contributed by atoms with Crippen molar-refractivity contribution >= 4 is 35.0 Å². The lowest BCUT2D eigenvalue weighted by Crippen LogP contribution is -2.53. The Hall–Kier alpha value is -2.28. The molecule has 2 saturated heterocycles. The molecule has 0 aromatic heterocycles. The van der Waals surface area contributed by atoms with Gasteiger partial charge in [0, 0.05) is 66.7 Å². The lowest BCUT2D eigenvalue weighted by Gasteiger charge is -2.43. The van der Waals surface area contributed by atoms with Crippen molar-refractivity contribution in [2.45, 2.75) is 19.3 Å². The van der Waals surface area contributed by atoms with E-state index in [1.807, 2.05) is 21.9 Å². The minimum atomic E-state index is -0.458. The van der Waals surface area contributed by atoms with E-state index in [1.165, 1.54) is 0 Å². The molecule has 2 aromatic rings. The molecule has 1 atom stereocenters. The third-order valence-electron chi connectivity index (χ3n) is 6.78. The fourth-order valence-electron chi connectivity index (χ4n) is 4.73. The fourth-order valence-corrected chi connectivity index (χ4v) is 4.98. The molecule has 2 aliphatic rings. The predicted octanol–water partition coefficient (Wildman–Crippen LogP) is 4.46. The summed E-state index contributed by atoms with van der Waals surface area (Å²) in [5.41, 5.74) is 0.143. The average Bonchev–Trinajstić information content (AvgIpc) is 2.84. The number of rotatable bonds is 6. The number of carbonyl (C=O) groups is 2. The highest BCUT2D eigenvalue weighted by atomic mass is 35.5. The maximum absolute atomic E-state index is 13.3. The molecule has 6 nitrogen and oxygen atoms in total. The van der Waals surface area contributed by atoms with Crippen LogP contribution in [0, 0.1) is 5.41 Å². The van der Waals surface area contributed by atoms with E-state index in [-0.39, 0.29) is 11.8 Å². The minimum absolute atomic E-state index is 0.0423. The predicted molar refractivity (Wildman–Crippen MR) is 135 cm³/mol. The lowest BCUT2D eigenvalue weighted by atomic mass is 9.77. The van der Waals surface area contributed by atoms with Crippen molar-refractivity contribution in [1.82, 2.24) is 14.7 Å². The van der Waals surface area contributed by atoms with Gasteiger partial charge in [-0.3, -0.25) is 9.59 Å². The van der Waals surface area contributed by atoms with Crippen LogP contribution in [0.15, 0.2) is 48.5 Å². The number of hydrogen-bond acceptors (Lipinski definition) is 4. The quantitative estimate of drug-likeness (QED) is 0.583. The molecule has 0 saturated carbocycles. The van der Waals surface area contributed by atoms with Crippen molar-refractivity contribution in [2.75, 3.05) is 52.9 Å². The summed E-state index contributed by atoms with van der Waals surface area (Å²) >= 11 is 12.0. The monoisotopic (exact) mass is 503 g/mol. The van der Waals surface area contributed by atoms with Gasteiger partial charge in [0.05, 0.1) is 6.61 Å². The van der Waals surface area contributed by atoms with Crippen LogP contribution in [-0.4, -0.2) is 79.4 Å². The average molecular weight is 504 g/mol. The van der Waals surface area contributed by atoms with Crippen molar-refractivity contribution in [1.29, 1.82) is 0 Å². The number of ether oxygens (including phenoxy) is 1. The highest BCUT2D eigenvalue weighted by molar-refractivity contribution is 6.30. The fraction of sp³-hybridized carbons (Fsp3) is 0.462. The molecule has 0 unspecified atom stereocenters. The van der Waals surface area contributed by atoms with Crippen LogP contribution in [0.5, 0.6) is 5.75 Å². The molecule has 2 heterocycles. The molecule has 4 rings (SSSR count). The first-order valence-corrected chi connectivity index (χ1v) is 12.5. The van der Waals surface area contributed by atoms with Crippen molar-refractivity contribution in [3.05, 3.63) is 64.1 Å². The summed E-state index contributed by atoms with van der Waals surface area (Å²) in [6.07, 6.45) is 2.00. The second-order valence-electron chi connectivity index (χ2n) is 9.44. The largest absolute Gasteiger partial charge is 0.493 e. The number of carbonyl (C=O) groups excluding carboxylic acids is 2. The second-order valence-corrected chi connectivity index (χ2v) is 10.3. The smallest absolute Gasteiger partial charge is 0.253 e. The summed E-state index contributed by atoms with van der Waals surface area (Å²) in [6.45, 7) is 4.71. The van der Waals surface area contributed by atoms with Gasteiger partial charge in [0.25, 0.3) is 5.91 Å². The van der Waals surface area contributed by atoms with Gasteiger partial charge in [-0.2, -0.15) is 0 Å². The number of benzene rings is 2. The SMILES string of the molecule is CN1CCN(C(=O)C[C@@]2(COc3ccc(Cl)cc3)CCCN(C(=O)c3ccc(Cl)cc3)C2)CC1. The highest BCUT2D eigenvalue weighted by Crippen LogP contribution is 2.36. The van der Waals surface area contributed by atoms with Crippen molar-refractivity contribution in [3.63, 3.8) is 0 Å². The second kappa shape index (κ2) is 11.0. The van der Waals surface area contributed by atoms with Gasteiger partial charge in [-0.25, -0.2) is 0 Å². The van der Waals surface area contributed by atoms with E-state index in [2.05, 4.69) is 11.9 Å². The molecule has 0 radical (unpaired) electrons. The molecule has 0 N–H and O–H groups in total. The van der Waals surface area contributed by atoms with Crippen LogP contribution in [0.2, 0.25) is 10.0 Å². The van der Waals surface area contributed by atoms with Gasteiger partial charge in [-0.15, -0.1) is 0 Å². The van der Waals surface area contributed by atoms with Gasteiger partial charge in [0.1, 0.15) is 5.75 Å². The van der Waals surface area contributed by atoms with E-state index in [9.17, 15) is 9.59 Å². The minimum Gasteiger partial charge on any atom is -0.493 e. The topological polar surface area (TPSA) is 53.1 Å². The van der Waals surface area contributed by atoms with Crippen LogP contribution in [0.3, 0.4) is 0 Å². The summed E-state index contributed by atoms with van der Waals surface area (Å²) in [5.74, 6) is 0.796. The van der Waals surface area contributed by atoms with Gasteiger partial charge in [-0.1, -0.05) is 23.2 Å². The molecule has 8 heteroatoms. The lowest BCUT2D eigenvalue weighted by molar-refractivity contribution is -0.137. The zero-order valence-corrected chi connectivity index (χ0v) is 21.0. The first-order chi connectivity index (χ1) is 16.3. The zero-order chi connectivity index (χ0) is 24.1. The number of hydrogen-bond donors (Lipinski definition) is 0. The van der Waals surface area contributed by atoms with E-state index in [1.54, 1.807) is 36.4 Å². The molecule has 2 aromatic carbocycles. The summed E-state index contributed by atoms with van der Waals surface area (Å²) in [6, 6.07) is 14.2. The zero-order valence-electron chi connectivity index (χ0n) is 19.5. The summed E-state index contributed by atoms with van der Waals surface area (Å²) in [7, 11) is 2.07. The van der Waals surface area contributed by atoms with Crippen LogP contribution >= 0.6 is 23.2 Å². The number of halogens is 2. The molecule has 2 amide bonds. The Morgan fingerprint density at radius 2 is 1.50 bits per heavy atom. The summed E-state index contributed by atoms with van der Waals surface area (Å²) in [5, 5.41) is 1.24. The molecule has 34 heavy (non-hydrogen) atoms. The number of likely N-dealkylation sites (tertiary alicyclic amines) is 1. The van der Waals surface area contributed by atoms with Crippen molar-refractivity contribution < 1.29 is 14.3 Å². The van der Waals surface area contributed by atoms with Crippen LogP contribution in [0.4, 0.5) is 0 Å². The maximum Gasteiger partial charge on any atom is 0.253 e. The van der Waals surface area contributed by atoms with E-state index in [0.29, 0.717) is 47.5 Å². The van der Waals surface area contributed by atoms with E-state index in [0.717, 1.165) is 39.0 Å². The molecule has 2 fully saturated rings. The van der Waals surface area contributed by atoms with Crippen LogP contribution in [-0.2, 0) is 4.79 Å². The number of piperazine rings is 1. The maximum atomic E-state index is 13.3. The normalized spacial score (nSPS) is 21.4. The number of likely N-dealkylation sites (N-methyl/N-ethyl adjacent to an activating group) is 1. The van der Waals surface area contributed by atoms with Gasteiger partial charge in [0.15, 0.2) is 0 Å². The Bertz CT molecular complexity index is 991. The molecular weight excluding hydrogens is 473 g/mol. The van der Waals surface area contributed by atoms with Crippen LogP contribution in [0.1, 0.15) is 29.6 Å². The van der Waals surface area contributed by atoms with E-state index >= 15 is 0 Å². The first-order valence-electron chi connectivity index (χ1n) is 11.7.